The summed E-state index contributed by atoms with van der Waals surface area (Å²) in [6.45, 7) is 5.69. The first kappa shape index (κ1) is 13.6. The molecule has 1 aromatic rings. The van der Waals surface area contributed by atoms with Gasteiger partial charge in [-0.15, -0.1) is 0 Å². The van der Waals surface area contributed by atoms with Crippen molar-refractivity contribution in [3.63, 3.8) is 0 Å². The van der Waals surface area contributed by atoms with Crippen LogP contribution in [-0.4, -0.2) is 18.1 Å². The zero-order valence-corrected chi connectivity index (χ0v) is 10.9. The minimum absolute atomic E-state index is 0.455. The van der Waals surface area contributed by atoms with Crippen molar-refractivity contribution in [1.29, 1.82) is 5.26 Å². The van der Waals surface area contributed by atoms with E-state index in [1.165, 1.54) is 0 Å². The Morgan fingerprint density at radius 3 is 2.82 bits per heavy atom. The van der Waals surface area contributed by atoms with Crippen LogP contribution in [0.15, 0.2) is 12.3 Å². The predicted molar refractivity (Wildman–Crippen MR) is 70.9 cm³/mol. The van der Waals surface area contributed by atoms with E-state index >= 15 is 0 Å². The molecule has 1 aromatic heterocycles. The van der Waals surface area contributed by atoms with Gasteiger partial charge >= 0.3 is 0 Å². The fourth-order valence-corrected chi connectivity index (χ4v) is 1.79. The van der Waals surface area contributed by atoms with Gasteiger partial charge in [-0.05, 0) is 12.0 Å². The zero-order valence-electron chi connectivity index (χ0n) is 10.2. The number of pyridine rings is 1. The van der Waals surface area contributed by atoms with Crippen molar-refractivity contribution in [1.82, 2.24) is 4.98 Å². The summed E-state index contributed by atoms with van der Waals surface area (Å²) in [5, 5.41) is 9.18. The second kappa shape index (κ2) is 6.31. The Morgan fingerprint density at radius 2 is 2.29 bits per heavy atom. The van der Waals surface area contributed by atoms with Gasteiger partial charge in [0.25, 0.3) is 0 Å². The van der Waals surface area contributed by atoms with Crippen molar-refractivity contribution < 1.29 is 0 Å². The third kappa shape index (κ3) is 4.12. The summed E-state index contributed by atoms with van der Waals surface area (Å²) in [5.41, 5.74) is 6.45. The van der Waals surface area contributed by atoms with Crippen LogP contribution in [0, 0.1) is 17.2 Å². The molecule has 1 heterocycles. The summed E-state index contributed by atoms with van der Waals surface area (Å²) < 4.78 is 0. The number of nitrogen functional groups attached to an aromatic ring is 1. The van der Waals surface area contributed by atoms with Crippen molar-refractivity contribution >= 4 is 23.1 Å². The van der Waals surface area contributed by atoms with Crippen LogP contribution in [0.1, 0.15) is 20.3 Å². The lowest BCUT2D eigenvalue weighted by Gasteiger charge is -2.25. The highest BCUT2D eigenvalue weighted by atomic mass is 35.5. The lowest BCUT2D eigenvalue weighted by Crippen LogP contribution is -2.30. The maximum atomic E-state index is 8.66. The molecule has 92 valence electrons. The zero-order chi connectivity index (χ0) is 12.8. The molecule has 0 aliphatic rings. The monoisotopic (exact) mass is 252 g/mol. The van der Waals surface area contributed by atoms with Crippen LogP contribution in [0.4, 0.5) is 11.5 Å². The van der Waals surface area contributed by atoms with Crippen LogP contribution >= 0.6 is 11.6 Å². The summed E-state index contributed by atoms with van der Waals surface area (Å²) in [5.74, 6) is 1.18. The summed E-state index contributed by atoms with van der Waals surface area (Å²) in [7, 11) is 0. The number of aromatic nitrogens is 1. The second-order valence-electron chi connectivity index (χ2n) is 4.31. The minimum atomic E-state index is 0.455. The molecule has 0 aromatic carbocycles. The van der Waals surface area contributed by atoms with Gasteiger partial charge in [0.1, 0.15) is 0 Å². The summed E-state index contributed by atoms with van der Waals surface area (Å²) in [4.78, 5) is 6.27. The van der Waals surface area contributed by atoms with E-state index in [1.54, 1.807) is 12.3 Å². The van der Waals surface area contributed by atoms with Gasteiger partial charge in [-0.25, -0.2) is 4.98 Å². The molecule has 0 aliphatic heterocycles. The SMILES string of the molecule is CC(C)CN(CCC#N)c1ncc(Cl)cc1N. The molecular formula is C12H17ClN4. The number of nitriles is 1. The average molecular weight is 253 g/mol. The van der Waals surface area contributed by atoms with Crippen LogP contribution in [0.5, 0.6) is 0 Å². The van der Waals surface area contributed by atoms with Crippen LogP contribution in [0.25, 0.3) is 0 Å². The Balaban J connectivity index is 2.91. The van der Waals surface area contributed by atoms with E-state index in [0.717, 1.165) is 6.54 Å². The molecule has 0 spiro atoms. The molecule has 0 saturated carbocycles. The molecule has 2 N–H and O–H groups in total. The van der Waals surface area contributed by atoms with E-state index in [0.29, 0.717) is 35.4 Å². The van der Waals surface area contributed by atoms with E-state index in [9.17, 15) is 0 Å². The first-order valence-corrected chi connectivity index (χ1v) is 5.95. The molecule has 4 nitrogen and oxygen atoms in total. The van der Waals surface area contributed by atoms with E-state index in [2.05, 4.69) is 24.9 Å². The van der Waals surface area contributed by atoms with Gasteiger partial charge in [-0.3, -0.25) is 0 Å². The molecule has 0 unspecified atom stereocenters. The highest BCUT2D eigenvalue weighted by molar-refractivity contribution is 6.30. The third-order valence-electron chi connectivity index (χ3n) is 2.24. The van der Waals surface area contributed by atoms with Gasteiger partial charge in [0.05, 0.1) is 23.2 Å². The Morgan fingerprint density at radius 1 is 1.59 bits per heavy atom. The van der Waals surface area contributed by atoms with E-state index in [-0.39, 0.29) is 0 Å². The Bertz CT molecular complexity index is 411. The van der Waals surface area contributed by atoms with Gasteiger partial charge in [0.15, 0.2) is 5.82 Å². The maximum absolute atomic E-state index is 8.66. The molecule has 0 fully saturated rings. The topological polar surface area (TPSA) is 65.9 Å². The van der Waals surface area contributed by atoms with Gasteiger partial charge in [0, 0.05) is 19.3 Å². The predicted octanol–water partition coefficient (Wildman–Crippen LogP) is 2.69. The molecular weight excluding hydrogens is 236 g/mol. The smallest absolute Gasteiger partial charge is 0.151 e. The summed E-state index contributed by atoms with van der Waals surface area (Å²) in [6, 6.07) is 3.82. The van der Waals surface area contributed by atoms with Crippen molar-refractivity contribution in [2.75, 3.05) is 23.7 Å². The molecule has 17 heavy (non-hydrogen) atoms. The van der Waals surface area contributed by atoms with Crippen LogP contribution in [0.3, 0.4) is 0 Å². The molecule has 0 atom stereocenters. The quantitative estimate of drug-likeness (QED) is 0.875. The van der Waals surface area contributed by atoms with E-state index in [1.807, 2.05) is 4.90 Å². The number of hydrogen-bond acceptors (Lipinski definition) is 4. The second-order valence-corrected chi connectivity index (χ2v) is 4.75. The van der Waals surface area contributed by atoms with Gasteiger partial charge < -0.3 is 10.6 Å². The van der Waals surface area contributed by atoms with E-state index < -0.39 is 0 Å². The van der Waals surface area contributed by atoms with Crippen molar-refractivity contribution in [3.05, 3.63) is 17.3 Å². The standard InChI is InChI=1S/C12H17ClN4/c1-9(2)8-17(5-3-4-14)12-11(15)6-10(13)7-16-12/h6-7,9H,3,5,8,15H2,1-2H3. The summed E-state index contributed by atoms with van der Waals surface area (Å²) in [6.07, 6.45) is 2.03. The highest BCUT2D eigenvalue weighted by Gasteiger charge is 2.13. The Kier molecular flexibility index (Phi) is 5.05. The number of anilines is 2. The molecule has 0 saturated heterocycles. The van der Waals surface area contributed by atoms with Crippen molar-refractivity contribution in [2.45, 2.75) is 20.3 Å². The number of hydrogen-bond donors (Lipinski definition) is 1. The first-order chi connectivity index (χ1) is 8.04. The van der Waals surface area contributed by atoms with Crippen LogP contribution in [0.2, 0.25) is 5.02 Å². The Labute approximate surface area is 107 Å². The fourth-order valence-electron chi connectivity index (χ4n) is 1.62. The average Bonchev–Trinajstić information content (AvgIpc) is 2.24. The van der Waals surface area contributed by atoms with E-state index in [4.69, 9.17) is 22.6 Å². The number of rotatable bonds is 5. The van der Waals surface area contributed by atoms with Crippen LogP contribution in [-0.2, 0) is 0 Å². The third-order valence-corrected chi connectivity index (χ3v) is 2.45. The van der Waals surface area contributed by atoms with Crippen molar-refractivity contribution in [3.8, 4) is 6.07 Å². The molecule has 0 aliphatic carbocycles. The highest BCUT2D eigenvalue weighted by Crippen LogP contribution is 2.24. The minimum Gasteiger partial charge on any atom is -0.396 e. The maximum Gasteiger partial charge on any atom is 0.151 e. The number of nitrogens with zero attached hydrogens (tertiary/aromatic N) is 3. The summed E-state index contributed by atoms with van der Waals surface area (Å²) >= 11 is 5.82. The fraction of sp³-hybridized carbons (Fsp3) is 0.500. The van der Waals surface area contributed by atoms with Gasteiger partial charge in [-0.1, -0.05) is 25.4 Å². The van der Waals surface area contributed by atoms with Crippen LogP contribution < -0.4 is 10.6 Å². The molecule has 5 heteroatoms. The first-order valence-electron chi connectivity index (χ1n) is 5.57. The van der Waals surface area contributed by atoms with Gasteiger partial charge in [0.2, 0.25) is 0 Å². The molecule has 0 bridgehead atoms. The van der Waals surface area contributed by atoms with Crippen molar-refractivity contribution in [2.24, 2.45) is 5.92 Å². The number of halogens is 1. The van der Waals surface area contributed by atoms with Gasteiger partial charge in [-0.2, -0.15) is 5.26 Å². The molecule has 1 rings (SSSR count). The molecule has 0 radical (unpaired) electrons. The lowest BCUT2D eigenvalue weighted by atomic mass is 10.2. The normalized spacial score (nSPS) is 10.3. The molecule has 0 amide bonds. The number of nitrogens with two attached hydrogens (primary N) is 1. The lowest BCUT2D eigenvalue weighted by molar-refractivity contribution is 0.608. The largest absolute Gasteiger partial charge is 0.396 e. The Hall–Kier alpha value is -1.47.